The van der Waals surface area contributed by atoms with Gasteiger partial charge in [-0.25, -0.2) is 8.78 Å². The molecule has 0 spiro atoms. The van der Waals surface area contributed by atoms with Crippen molar-refractivity contribution in [1.29, 1.82) is 0 Å². The van der Waals surface area contributed by atoms with Gasteiger partial charge in [-0.3, -0.25) is 14.5 Å². The van der Waals surface area contributed by atoms with E-state index in [1.165, 1.54) is 4.90 Å². The second kappa shape index (κ2) is 8.73. The number of hydrogen-bond acceptors (Lipinski definition) is 5. The zero-order chi connectivity index (χ0) is 20.4. The monoisotopic (exact) mass is 409 g/mol. The van der Waals surface area contributed by atoms with Crippen molar-refractivity contribution in [3.63, 3.8) is 0 Å². The fourth-order valence-corrected chi connectivity index (χ4v) is 3.96. The van der Waals surface area contributed by atoms with Gasteiger partial charge in [-0.05, 0) is 18.9 Å². The summed E-state index contributed by atoms with van der Waals surface area (Å²) >= 11 is 0. The highest BCUT2D eigenvalue weighted by molar-refractivity contribution is 5.98. The van der Waals surface area contributed by atoms with Crippen molar-refractivity contribution in [2.24, 2.45) is 5.92 Å². The molecule has 1 unspecified atom stereocenters. The van der Waals surface area contributed by atoms with Crippen LogP contribution in [0.25, 0.3) is 0 Å². The lowest BCUT2D eigenvalue weighted by Gasteiger charge is -2.46. The van der Waals surface area contributed by atoms with Gasteiger partial charge >= 0.3 is 0 Å². The molecule has 3 heterocycles. The summed E-state index contributed by atoms with van der Waals surface area (Å²) in [7, 11) is 0. The van der Waals surface area contributed by atoms with Gasteiger partial charge in [-0.15, -0.1) is 0 Å². The van der Waals surface area contributed by atoms with Crippen molar-refractivity contribution >= 4 is 17.5 Å². The summed E-state index contributed by atoms with van der Waals surface area (Å²) in [5, 5.41) is 2.48. The van der Waals surface area contributed by atoms with Crippen LogP contribution in [0.3, 0.4) is 0 Å². The predicted octanol–water partition coefficient (Wildman–Crippen LogP) is 1.49. The first-order chi connectivity index (χ1) is 14.0. The molecule has 29 heavy (non-hydrogen) atoms. The quantitative estimate of drug-likeness (QED) is 0.816. The number of amides is 2. The normalized spacial score (nSPS) is 23.5. The summed E-state index contributed by atoms with van der Waals surface area (Å²) < 4.78 is 39.1. The Labute approximate surface area is 167 Å². The number of carbonyl (C=O) groups is 2. The van der Waals surface area contributed by atoms with E-state index in [9.17, 15) is 18.4 Å². The number of anilines is 1. The van der Waals surface area contributed by atoms with Crippen LogP contribution in [0.5, 0.6) is 0 Å². The Bertz CT molecular complexity index is 773. The number of nitrogens with one attached hydrogen (secondary N) is 1. The van der Waals surface area contributed by atoms with Gasteiger partial charge in [-0.2, -0.15) is 0 Å². The summed E-state index contributed by atoms with van der Waals surface area (Å²) in [5.74, 6) is -3.09. The fourth-order valence-electron chi connectivity index (χ4n) is 3.96. The minimum absolute atomic E-state index is 0.185. The van der Waals surface area contributed by atoms with Gasteiger partial charge in [0.1, 0.15) is 11.6 Å². The van der Waals surface area contributed by atoms with E-state index < -0.39 is 17.5 Å². The summed E-state index contributed by atoms with van der Waals surface area (Å²) in [6, 6.07) is 1.98. The molecular weight excluding hydrogens is 384 g/mol. The van der Waals surface area contributed by atoms with Crippen LogP contribution in [-0.2, 0) is 14.3 Å². The van der Waals surface area contributed by atoms with Crippen LogP contribution in [0.1, 0.15) is 23.2 Å². The molecule has 0 bridgehead atoms. The number of likely N-dealkylation sites (tertiary alicyclic amines) is 1. The molecule has 1 atom stereocenters. The van der Waals surface area contributed by atoms with E-state index in [1.807, 2.05) is 0 Å². The van der Waals surface area contributed by atoms with Crippen LogP contribution in [-0.4, -0.2) is 80.3 Å². The van der Waals surface area contributed by atoms with Gasteiger partial charge in [0.15, 0.2) is 0 Å². The number of morpholine rings is 1. The molecule has 1 N–H and O–H groups in total. The predicted molar refractivity (Wildman–Crippen MR) is 101 cm³/mol. The number of benzene rings is 1. The fraction of sp³-hybridized carbons (Fsp3) is 0.600. The molecule has 3 aliphatic heterocycles. The molecule has 4 rings (SSSR count). The van der Waals surface area contributed by atoms with Crippen molar-refractivity contribution in [3.8, 4) is 0 Å². The van der Waals surface area contributed by atoms with Crippen LogP contribution < -0.4 is 5.32 Å². The highest BCUT2D eigenvalue weighted by Gasteiger charge is 2.37. The first-order valence-electron chi connectivity index (χ1n) is 10.0. The van der Waals surface area contributed by atoms with E-state index in [-0.39, 0.29) is 35.7 Å². The summed E-state index contributed by atoms with van der Waals surface area (Å²) in [5.41, 5.74) is -0.419. The molecule has 0 radical (unpaired) electrons. The van der Waals surface area contributed by atoms with Gasteiger partial charge < -0.3 is 19.7 Å². The Kier molecular flexibility index (Phi) is 6.07. The Hall–Kier alpha value is -2.10. The molecule has 3 aliphatic rings. The van der Waals surface area contributed by atoms with Gasteiger partial charge in [0.2, 0.25) is 5.91 Å². The van der Waals surface area contributed by atoms with Crippen LogP contribution >= 0.6 is 0 Å². The highest BCUT2D eigenvalue weighted by atomic mass is 19.1. The summed E-state index contributed by atoms with van der Waals surface area (Å²) in [6.45, 7) is 4.86. The van der Waals surface area contributed by atoms with Crippen LogP contribution in [0, 0.1) is 17.6 Å². The van der Waals surface area contributed by atoms with Crippen molar-refractivity contribution in [1.82, 2.24) is 9.80 Å². The molecule has 9 heteroatoms. The van der Waals surface area contributed by atoms with Crippen molar-refractivity contribution in [2.75, 3.05) is 57.9 Å². The number of nitrogens with zero attached hydrogens (tertiary/aromatic N) is 2. The maximum absolute atomic E-state index is 14.3. The van der Waals surface area contributed by atoms with Gasteiger partial charge in [0.05, 0.1) is 37.0 Å². The van der Waals surface area contributed by atoms with Gasteiger partial charge in [0.25, 0.3) is 5.91 Å². The molecular formula is C20H25F2N3O4. The second-order valence-electron chi connectivity index (χ2n) is 7.73. The lowest BCUT2D eigenvalue weighted by atomic mass is 10.0. The molecule has 7 nitrogen and oxygen atoms in total. The van der Waals surface area contributed by atoms with E-state index >= 15 is 0 Å². The zero-order valence-electron chi connectivity index (χ0n) is 16.2. The molecule has 0 aliphatic carbocycles. The van der Waals surface area contributed by atoms with E-state index in [4.69, 9.17) is 9.47 Å². The topological polar surface area (TPSA) is 71.1 Å². The van der Waals surface area contributed by atoms with Crippen LogP contribution in [0.2, 0.25) is 0 Å². The highest BCUT2D eigenvalue weighted by Crippen LogP contribution is 2.25. The molecule has 158 valence electrons. The zero-order valence-corrected chi connectivity index (χ0v) is 16.2. The second-order valence-corrected chi connectivity index (χ2v) is 7.73. The lowest BCUT2D eigenvalue weighted by molar-refractivity contribution is -0.123. The first kappa shape index (κ1) is 20.2. The number of ether oxygens (including phenoxy) is 2. The van der Waals surface area contributed by atoms with Crippen molar-refractivity contribution < 1.29 is 27.8 Å². The Morgan fingerprint density at radius 1 is 1.03 bits per heavy atom. The third kappa shape index (κ3) is 4.41. The molecule has 3 fully saturated rings. The molecule has 1 aromatic rings. The van der Waals surface area contributed by atoms with E-state index in [0.717, 1.165) is 25.6 Å². The average molecular weight is 409 g/mol. The summed E-state index contributed by atoms with van der Waals surface area (Å²) in [4.78, 5) is 28.9. The molecule has 2 amide bonds. The SMILES string of the molecule is O=C(Nc1cc(C(=O)N2CC(N3CCOCC3)C2)c(F)cc1F)C1CCCOC1. The van der Waals surface area contributed by atoms with Gasteiger partial charge in [0, 0.05) is 44.9 Å². The van der Waals surface area contributed by atoms with Crippen LogP contribution in [0.15, 0.2) is 12.1 Å². The molecule has 0 saturated carbocycles. The third-order valence-electron chi connectivity index (χ3n) is 5.79. The van der Waals surface area contributed by atoms with E-state index in [2.05, 4.69) is 10.2 Å². The largest absolute Gasteiger partial charge is 0.381 e. The number of halogens is 2. The first-order valence-corrected chi connectivity index (χ1v) is 10.0. The number of carbonyl (C=O) groups excluding carboxylic acids is 2. The Morgan fingerprint density at radius 2 is 1.79 bits per heavy atom. The lowest BCUT2D eigenvalue weighted by Crippen LogP contribution is -2.62. The van der Waals surface area contributed by atoms with E-state index in [0.29, 0.717) is 45.4 Å². The molecule has 3 saturated heterocycles. The molecule has 0 aromatic heterocycles. The van der Waals surface area contributed by atoms with Gasteiger partial charge in [-0.1, -0.05) is 0 Å². The molecule has 1 aromatic carbocycles. The minimum Gasteiger partial charge on any atom is -0.381 e. The van der Waals surface area contributed by atoms with Crippen molar-refractivity contribution in [2.45, 2.75) is 18.9 Å². The smallest absolute Gasteiger partial charge is 0.257 e. The number of rotatable bonds is 4. The standard InChI is InChI=1S/C20H25F2N3O4/c21-16-9-17(22)18(23-19(26)13-2-1-5-29-12-13)8-15(16)20(27)25-10-14(11-25)24-3-6-28-7-4-24/h8-9,13-14H,1-7,10-12H2,(H,23,26). The Morgan fingerprint density at radius 3 is 2.48 bits per heavy atom. The van der Waals surface area contributed by atoms with Crippen molar-refractivity contribution in [3.05, 3.63) is 29.3 Å². The number of hydrogen-bond donors (Lipinski definition) is 1. The Balaban J connectivity index is 1.41. The summed E-state index contributed by atoms with van der Waals surface area (Å²) in [6.07, 6.45) is 1.41. The maximum atomic E-state index is 14.3. The minimum atomic E-state index is -0.929. The average Bonchev–Trinajstić information content (AvgIpc) is 2.70. The third-order valence-corrected chi connectivity index (χ3v) is 5.79. The van der Waals surface area contributed by atoms with Crippen LogP contribution in [0.4, 0.5) is 14.5 Å². The maximum Gasteiger partial charge on any atom is 0.257 e. The van der Waals surface area contributed by atoms with E-state index in [1.54, 1.807) is 0 Å².